The van der Waals surface area contributed by atoms with Gasteiger partial charge < -0.3 is 4.74 Å². The number of rotatable bonds is 0. The first kappa shape index (κ1) is 8.57. The number of fused-ring (bicyclic) bond motifs is 1. The monoisotopic (exact) mass is 196 g/mol. The van der Waals surface area contributed by atoms with Crippen molar-refractivity contribution in [3.63, 3.8) is 0 Å². The molecule has 0 amide bonds. The molecule has 3 heteroatoms. The molecule has 13 heavy (non-hydrogen) atoms. The molecule has 0 aliphatic carbocycles. The van der Waals surface area contributed by atoms with Crippen molar-refractivity contribution in [2.45, 2.75) is 12.8 Å². The van der Waals surface area contributed by atoms with E-state index in [-0.39, 0.29) is 5.78 Å². The number of hydrogen-bond acceptors (Lipinski definition) is 2. The number of Topliss-reactive ketones (excluding diaryl/α,β-unsaturated/α-hetero) is 1. The SMILES string of the molecule is O=C1CCCOc2c(Cl)cccc21. The first-order valence-corrected chi connectivity index (χ1v) is 4.61. The van der Waals surface area contributed by atoms with Gasteiger partial charge in [-0.05, 0) is 18.6 Å². The summed E-state index contributed by atoms with van der Waals surface area (Å²) in [5.74, 6) is 0.668. The number of carbonyl (C=O) groups excluding carboxylic acids is 1. The first-order valence-electron chi connectivity index (χ1n) is 4.23. The molecule has 0 fully saturated rings. The van der Waals surface area contributed by atoms with Gasteiger partial charge in [0, 0.05) is 6.42 Å². The summed E-state index contributed by atoms with van der Waals surface area (Å²) in [6.07, 6.45) is 1.32. The summed E-state index contributed by atoms with van der Waals surface area (Å²) in [6.45, 7) is 0.572. The van der Waals surface area contributed by atoms with Crippen LogP contribution in [0.15, 0.2) is 18.2 Å². The Morgan fingerprint density at radius 3 is 3.08 bits per heavy atom. The predicted octanol–water partition coefficient (Wildman–Crippen LogP) is 2.70. The fourth-order valence-electron chi connectivity index (χ4n) is 1.42. The molecule has 1 aliphatic rings. The van der Waals surface area contributed by atoms with Gasteiger partial charge in [0.25, 0.3) is 0 Å². The highest BCUT2D eigenvalue weighted by Gasteiger charge is 2.18. The molecule has 2 rings (SSSR count). The molecule has 0 bridgehead atoms. The highest BCUT2D eigenvalue weighted by molar-refractivity contribution is 6.32. The lowest BCUT2D eigenvalue weighted by molar-refractivity contribution is 0.0983. The van der Waals surface area contributed by atoms with Crippen LogP contribution < -0.4 is 4.74 Å². The van der Waals surface area contributed by atoms with Gasteiger partial charge in [0.15, 0.2) is 5.78 Å². The lowest BCUT2D eigenvalue weighted by atomic mass is 10.1. The Kier molecular flexibility index (Phi) is 2.23. The summed E-state index contributed by atoms with van der Waals surface area (Å²) in [4.78, 5) is 11.5. The van der Waals surface area contributed by atoms with Gasteiger partial charge in [-0.2, -0.15) is 0 Å². The second-order valence-electron chi connectivity index (χ2n) is 2.99. The third kappa shape index (κ3) is 1.54. The van der Waals surface area contributed by atoms with Crippen LogP contribution in [0, 0.1) is 0 Å². The standard InChI is InChI=1S/C10H9ClO2/c11-8-4-1-3-7-9(12)5-2-6-13-10(7)8/h1,3-4H,2,5-6H2. The molecule has 0 unspecified atom stereocenters. The summed E-state index contributed by atoms with van der Waals surface area (Å²) >= 11 is 5.90. The number of ketones is 1. The molecular formula is C10H9ClO2. The van der Waals surface area contributed by atoms with E-state index in [0.717, 1.165) is 6.42 Å². The topological polar surface area (TPSA) is 26.3 Å². The van der Waals surface area contributed by atoms with Gasteiger partial charge >= 0.3 is 0 Å². The molecule has 0 spiro atoms. The van der Waals surface area contributed by atoms with Crippen molar-refractivity contribution in [2.75, 3.05) is 6.61 Å². The maximum atomic E-state index is 11.5. The summed E-state index contributed by atoms with van der Waals surface area (Å²) in [7, 11) is 0. The van der Waals surface area contributed by atoms with Crippen molar-refractivity contribution in [1.29, 1.82) is 0 Å². The van der Waals surface area contributed by atoms with Crippen molar-refractivity contribution < 1.29 is 9.53 Å². The molecule has 0 radical (unpaired) electrons. The lowest BCUT2D eigenvalue weighted by Crippen LogP contribution is -1.97. The number of ether oxygens (including phenoxy) is 1. The third-order valence-corrected chi connectivity index (χ3v) is 2.36. The van der Waals surface area contributed by atoms with Crippen LogP contribution in [0.25, 0.3) is 0 Å². The molecular weight excluding hydrogens is 188 g/mol. The Balaban J connectivity index is 2.54. The van der Waals surface area contributed by atoms with E-state index in [9.17, 15) is 4.79 Å². The summed E-state index contributed by atoms with van der Waals surface area (Å²) in [5, 5.41) is 0.521. The highest BCUT2D eigenvalue weighted by atomic mass is 35.5. The average Bonchev–Trinajstić information content (AvgIpc) is 2.30. The van der Waals surface area contributed by atoms with E-state index in [0.29, 0.717) is 29.4 Å². The quantitative estimate of drug-likeness (QED) is 0.638. The average molecular weight is 197 g/mol. The predicted molar refractivity (Wildman–Crippen MR) is 50.5 cm³/mol. The molecule has 0 aromatic heterocycles. The second-order valence-corrected chi connectivity index (χ2v) is 3.40. The Morgan fingerprint density at radius 2 is 2.23 bits per heavy atom. The van der Waals surface area contributed by atoms with Crippen LogP contribution in [0.3, 0.4) is 0 Å². The highest BCUT2D eigenvalue weighted by Crippen LogP contribution is 2.31. The molecule has 1 aromatic rings. The van der Waals surface area contributed by atoms with Crippen molar-refractivity contribution in [2.24, 2.45) is 0 Å². The maximum absolute atomic E-state index is 11.5. The van der Waals surface area contributed by atoms with Gasteiger partial charge in [-0.15, -0.1) is 0 Å². The van der Waals surface area contributed by atoms with Crippen molar-refractivity contribution in [3.8, 4) is 5.75 Å². The molecule has 0 saturated heterocycles. The van der Waals surface area contributed by atoms with Gasteiger partial charge in [0.05, 0.1) is 17.2 Å². The van der Waals surface area contributed by atoms with E-state index in [1.54, 1.807) is 18.2 Å². The molecule has 0 atom stereocenters. The zero-order chi connectivity index (χ0) is 9.26. The number of hydrogen-bond donors (Lipinski definition) is 0. The van der Waals surface area contributed by atoms with E-state index in [1.807, 2.05) is 0 Å². The minimum Gasteiger partial charge on any atom is -0.491 e. The molecule has 1 aromatic carbocycles. The minimum absolute atomic E-state index is 0.120. The molecule has 2 nitrogen and oxygen atoms in total. The Morgan fingerprint density at radius 1 is 1.38 bits per heavy atom. The first-order chi connectivity index (χ1) is 6.29. The zero-order valence-electron chi connectivity index (χ0n) is 7.05. The summed E-state index contributed by atoms with van der Waals surface area (Å²) in [5.41, 5.74) is 0.616. The largest absolute Gasteiger partial charge is 0.491 e. The van der Waals surface area contributed by atoms with Gasteiger partial charge in [-0.25, -0.2) is 0 Å². The second kappa shape index (κ2) is 3.38. The van der Waals surface area contributed by atoms with E-state index in [4.69, 9.17) is 16.3 Å². The van der Waals surface area contributed by atoms with Crippen LogP contribution in [0.1, 0.15) is 23.2 Å². The lowest BCUT2D eigenvalue weighted by Gasteiger charge is -2.06. The fourth-order valence-corrected chi connectivity index (χ4v) is 1.65. The minimum atomic E-state index is 0.120. The fraction of sp³-hybridized carbons (Fsp3) is 0.300. The summed E-state index contributed by atoms with van der Waals surface area (Å²) < 4.78 is 5.40. The molecule has 0 saturated carbocycles. The number of benzene rings is 1. The van der Waals surface area contributed by atoms with E-state index in [1.165, 1.54) is 0 Å². The Hall–Kier alpha value is -1.02. The Labute approximate surface area is 81.5 Å². The van der Waals surface area contributed by atoms with Crippen LogP contribution in [0.4, 0.5) is 0 Å². The van der Waals surface area contributed by atoms with Gasteiger partial charge in [-0.1, -0.05) is 17.7 Å². The third-order valence-electron chi connectivity index (χ3n) is 2.06. The van der Waals surface area contributed by atoms with Crippen LogP contribution in [-0.2, 0) is 0 Å². The molecule has 0 N–H and O–H groups in total. The summed E-state index contributed by atoms with van der Waals surface area (Å²) in [6, 6.07) is 5.27. The van der Waals surface area contributed by atoms with E-state index >= 15 is 0 Å². The number of carbonyl (C=O) groups is 1. The van der Waals surface area contributed by atoms with Crippen molar-refractivity contribution in [1.82, 2.24) is 0 Å². The maximum Gasteiger partial charge on any atom is 0.166 e. The molecule has 1 heterocycles. The smallest absolute Gasteiger partial charge is 0.166 e. The van der Waals surface area contributed by atoms with E-state index in [2.05, 4.69) is 0 Å². The van der Waals surface area contributed by atoms with Crippen molar-refractivity contribution >= 4 is 17.4 Å². The van der Waals surface area contributed by atoms with E-state index < -0.39 is 0 Å². The van der Waals surface area contributed by atoms with Crippen molar-refractivity contribution in [3.05, 3.63) is 28.8 Å². The van der Waals surface area contributed by atoms with Gasteiger partial charge in [0.1, 0.15) is 5.75 Å². The van der Waals surface area contributed by atoms with Gasteiger partial charge in [0.2, 0.25) is 0 Å². The van der Waals surface area contributed by atoms with Crippen LogP contribution in [-0.4, -0.2) is 12.4 Å². The number of halogens is 1. The van der Waals surface area contributed by atoms with Crippen LogP contribution in [0.5, 0.6) is 5.75 Å². The zero-order valence-corrected chi connectivity index (χ0v) is 7.80. The Bertz CT molecular complexity index is 347. The van der Waals surface area contributed by atoms with Gasteiger partial charge in [-0.3, -0.25) is 4.79 Å². The number of para-hydroxylation sites is 1. The van der Waals surface area contributed by atoms with Crippen LogP contribution in [0.2, 0.25) is 5.02 Å². The van der Waals surface area contributed by atoms with Crippen LogP contribution >= 0.6 is 11.6 Å². The normalized spacial score (nSPS) is 15.9. The molecule has 1 aliphatic heterocycles. The molecule has 68 valence electrons.